The maximum atomic E-state index is 13.4. The molecule has 1 atom stereocenters. The molecule has 0 fully saturated rings. The molecule has 5 rings (SSSR count). The van der Waals surface area contributed by atoms with Crippen molar-refractivity contribution in [3.05, 3.63) is 102 Å². The summed E-state index contributed by atoms with van der Waals surface area (Å²) in [6, 6.07) is 26.1. The summed E-state index contributed by atoms with van der Waals surface area (Å²) in [5, 5.41) is 1.23. The zero-order chi connectivity index (χ0) is 17.5. The van der Waals surface area contributed by atoms with E-state index in [9.17, 15) is 4.39 Å². The fourth-order valence-electron chi connectivity index (χ4n) is 4.07. The Morgan fingerprint density at radius 2 is 1.58 bits per heavy atom. The van der Waals surface area contributed by atoms with Crippen molar-refractivity contribution in [2.45, 2.75) is 12.6 Å². The Kier molecular flexibility index (Phi) is 3.52. The lowest BCUT2D eigenvalue weighted by Gasteiger charge is -2.40. The largest absolute Gasteiger partial charge is 0.347 e. The van der Waals surface area contributed by atoms with Gasteiger partial charge in [0.15, 0.2) is 0 Å². The van der Waals surface area contributed by atoms with Crippen LogP contribution in [0.5, 0.6) is 0 Å². The van der Waals surface area contributed by atoms with Crippen LogP contribution in [0.25, 0.3) is 10.9 Å². The molecule has 3 heteroatoms. The minimum atomic E-state index is -0.200. The first-order valence-electron chi connectivity index (χ1n) is 8.97. The number of halogens is 1. The number of benzene rings is 3. The Labute approximate surface area is 152 Å². The highest BCUT2D eigenvalue weighted by atomic mass is 19.1. The summed E-state index contributed by atoms with van der Waals surface area (Å²) in [6.45, 7) is 0.903. The molecule has 2 heterocycles. The zero-order valence-corrected chi connectivity index (χ0v) is 14.3. The molecule has 1 aromatic heterocycles. The van der Waals surface area contributed by atoms with Gasteiger partial charge in [0.05, 0.1) is 5.52 Å². The summed E-state index contributed by atoms with van der Waals surface area (Å²) in [7, 11) is 0. The van der Waals surface area contributed by atoms with Crippen molar-refractivity contribution in [1.82, 2.24) is 4.57 Å². The predicted molar refractivity (Wildman–Crippen MR) is 104 cm³/mol. The molecule has 1 aliphatic heterocycles. The van der Waals surface area contributed by atoms with Gasteiger partial charge in [-0.1, -0.05) is 42.5 Å². The maximum absolute atomic E-state index is 13.4. The van der Waals surface area contributed by atoms with E-state index in [0.717, 1.165) is 18.7 Å². The molecule has 128 valence electrons. The topological polar surface area (TPSA) is 8.17 Å². The number of anilines is 1. The average molecular weight is 342 g/mol. The molecule has 0 N–H and O–H groups in total. The highest BCUT2D eigenvalue weighted by Gasteiger charge is 2.29. The Balaban J connectivity index is 1.71. The Bertz CT molecular complexity index is 1060. The number of fused-ring (bicyclic) bond motifs is 2. The first kappa shape index (κ1) is 15.2. The lowest BCUT2D eigenvalue weighted by molar-refractivity contribution is 0.525. The van der Waals surface area contributed by atoms with Crippen LogP contribution < -0.4 is 4.90 Å². The van der Waals surface area contributed by atoms with E-state index in [1.807, 2.05) is 12.1 Å². The van der Waals surface area contributed by atoms with Crippen LogP contribution in [0.2, 0.25) is 0 Å². The van der Waals surface area contributed by atoms with Gasteiger partial charge in [0.25, 0.3) is 0 Å². The molecular formula is C23H19FN2. The quantitative estimate of drug-likeness (QED) is 0.474. The standard InChI is InChI=1S/C23H19FN2/c24-19-9-11-20(12-10-19)25-15-13-17-5-1-3-7-21(17)23(25)26-16-14-18-6-2-4-8-22(18)26/h1-12,14,16,23H,13,15H2. The molecule has 0 bridgehead atoms. The first-order chi connectivity index (χ1) is 12.8. The van der Waals surface area contributed by atoms with Crippen molar-refractivity contribution in [2.75, 3.05) is 11.4 Å². The van der Waals surface area contributed by atoms with Crippen molar-refractivity contribution in [1.29, 1.82) is 0 Å². The van der Waals surface area contributed by atoms with Gasteiger partial charge in [-0.25, -0.2) is 4.39 Å². The number of nitrogens with zero attached hydrogens (tertiary/aromatic N) is 2. The predicted octanol–water partition coefficient (Wildman–Crippen LogP) is 5.39. The molecular weight excluding hydrogens is 323 g/mol. The van der Waals surface area contributed by atoms with Crippen molar-refractivity contribution in [3.8, 4) is 0 Å². The van der Waals surface area contributed by atoms with Crippen LogP contribution in [0, 0.1) is 5.82 Å². The Morgan fingerprint density at radius 3 is 2.46 bits per heavy atom. The van der Waals surface area contributed by atoms with E-state index in [0.29, 0.717) is 0 Å². The second kappa shape index (κ2) is 6.03. The van der Waals surface area contributed by atoms with Gasteiger partial charge in [0.2, 0.25) is 0 Å². The van der Waals surface area contributed by atoms with Crippen LogP contribution in [0.15, 0.2) is 85.1 Å². The van der Waals surface area contributed by atoms with Gasteiger partial charge in [-0.15, -0.1) is 0 Å². The maximum Gasteiger partial charge on any atom is 0.132 e. The normalized spacial score (nSPS) is 16.7. The molecule has 0 radical (unpaired) electrons. The smallest absolute Gasteiger partial charge is 0.132 e. The lowest BCUT2D eigenvalue weighted by Crippen LogP contribution is -2.39. The SMILES string of the molecule is Fc1ccc(N2CCc3ccccc3C2n2ccc3ccccc32)cc1. The first-order valence-corrected chi connectivity index (χ1v) is 8.97. The van der Waals surface area contributed by atoms with Crippen molar-refractivity contribution in [2.24, 2.45) is 0 Å². The van der Waals surface area contributed by atoms with Crippen LogP contribution in [0.3, 0.4) is 0 Å². The van der Waals surface area contributed by atoms with Crippen LogP contribution in [0.4, 0.5) is 10.1 Å². The van der Waals surface area contributed by atoms with Crippen molar-refractivity contribution >= 4 is 16.6 Å². The molecule has 26 heavy (non-hydrogen) atoms. The van der Waals surface area contributed by atoms with Crippen LogP contribution in [0.1, 0.15) is 17.3 Å². The van der Waals surface area contributed by atoms with E-state index in [1.54, 1.807) is 12.1 Å². The molecule has 3 aromatic carbocycles. The molecule has 0 amide bonds. The molecule has 0 saturated heterocycles. The van der Waals surface area contributed by atoms with Gasteiger partial charge < -0.3 is 9.47 Å². The van der Waals surface area contributed by atoms with Crippen LogP contribution in [-0.4, -0.2) is 11.1 Å². The lowest BCUT2D eigenvalue weighted by atomic mass is 9.96. The molecule has 4 aromatic rings. The van der Waals surface area contributed by atoms with Gasteiger partial charge >= 0.3 is 0 Å². The number of hydrogen-bond donors (Lipinski definition) is 0. The van der Waals surface area contributed by atoms with E-state index < -0.39 is 0 Å². The van der Waals surface area contributed by atoms with E-state index >= 15 is 0 Å². The molecule has 0 saturated carbocycles. The third kappa shape index (κ3) is 2.39. The summed E-state index contributed by atoms with van der Waals surface area (Å²) < 4.78 is 15.8. The highest BCUT2D eigenvalue weighted by molar-refractivity contribution is 5.80. The van der Waals surface area contributed by atoms with E-state index in [-0.39, 0.29) is 12.0 Å². The summed E-state index contributed by atoms with van der Waals surface area (Å²) in [4.78, 5) is 2.37. The Hall–Kier alpha value is -3.07. The summed E-state index contributed by atoms with van der Waals surface area (Å²) >= 11 is 0. The number of aromatic nitrogens is 1. The van der Waals surface area contributed by atoms with Crippen molar-refractivity contribution < 1.29 is 4.39 Å². The fourth-order valence-corrected chi connectivity index (χ4v) is 4.07. The summed E-state index contributed by atoms with van der Waals surface area (Å²) in [5.41, 5.74) is 4.95. The third-order valence-electron chi connectivity index (χ3n) is 5.30. The fraction of sp³-hybridized carbons (Fsp3) is 0.130. The Morgan fingerprint density at radius 1 is 0.808 bits per heavy atom. The number of rotatable bonds is 2. The van der Waals surface area contributed by atoms with Gasteiger partial charge in [-0.3, -0.25) is 0 Å². The monoisotopic (exact) mass is 342 g/mol. The number of para-hydroxylation sites is 1. The molecule has 2 nitrogen and oxygen atoms in total. The summed E-state index contributed by atoms with van der Waals surface area (Å²) in [5.74, 6) is -0.200. The van der Waals surface area contributed by atoms with Crippen molar-refractivity contribution in [3.63, 3.8) is 0 Å². The van der Waals surface area contributed by atoms with Gasteiger partial charge in [-0.05, 0) is 59.3 Å². The van der Waals surface area contributed by atoms with Crippen LogP contribution >= 0.6 is 0 Å². The second-order valence-electron chi connectivity index (χ2n) is 6.77. The highest BCUT2D eigenvalue weighted by Crippen LogP contribution is 2.37. The zero-order valence-electron chi connectivity index (χ0n) is 14.3. The van der Waals surface area contributed by atoms with E-state index in [4.69, 9.17) is 0 Å². The molecule has 0 aliphatic carbocycles. The van der Waals surface area contributed by atoms with Crippen LogP contribution in [-0.2, 0) is 6.42 Å². The van der Waals surface area contributed by atoms with E-state index in [2.05, 4.69) is 70.3 Å². The minimum absolute atomic E-state index is 0.0605. The second-order valence-corrected chi connectivity index (χ2v) is 6.77. The minimum Gasteiger partial charge on any atom is -0.347 e. The van der Waals surface area contributed by atoms with Gasteiger partial charge in [0.1, 0.15) is 12.0 Å². The average Bonchev–Trinajstić information content (AvgIpc) is 3.11. The summed E-state index contributed by atoms with van der Waals surface area (Å²) in [6.07, 6.45) is 3.21. The molecule has 1 unspecified atom stereocenters. The third-order valence-corrected chi connectivity index (χ3v) is 5.30. The molecule has 0 spiro atoms. The molecule has 1 aliphatic rings. The van der Waals surface area contributed by atoms with Gasteiger partial charge in [0, 0.05) is 18.4 Å². The van der Waals surface area contributed by atoms with E-state index in [1.165, 1.54) is 22.0 Å². The number of hydrogen-bond acceptors (Lipinski definition) is 1. The van der Waals surface area contributed by atoms with Gasteiger partial charge in [-0.2, -0.15) is 0 Å².